The average molecular weight is 265 g/mol. The molecule has 1 atom stereocenters. The van der Waals surface area contributed by atoms with Crippen molar-refractivity contribution in [3.63, 3.8) is 0 Å². The fraction of sp³-hybridized carbons (Fsp3) is 0.533. The second-order valence-corrected chi connectivity index (χ2v) is 5.12. The molecule has 0 bridgehead atoms. The van der Waals surface area contributed by atoms with E-state index in [0.29, 0.717) is 19.4 Å². The Morgan fingerprint density at radius 3 is 3.05 bits per heavy atom. The summed E-state index contributed by atoms with van der Waals surface area (Å²) in [4.78, 5) is 13.7. The molecule has 0 aliphatic carbocycles. The van der Waals surface area contributed by atoms with Gasteiger partial charge in [0.25, 0.3) is 0 Å². The second-order valence-electron chi connectivity index (χ2n) is 5.12. The highest BCUT2D eigenvalue weighted by atomic mass is 19.1. The van der Waals surface area contributed by atoms with Gasteiger partial charge in [-0.2, -0.15) is 0 Å². The van der Waals surface area contributed by atoms with E-state index >= 15 is 0 Å². The van der Waals surface area contributed by atoms with Crippen LogP contribution in [0.15, 0.2) is 24.3 Å². The van der Waals surface area contributed by atoms with Gasteiger partial charge in [0.2, 0.25) is 5.91 Å². The third kappa shape index (κ3) is 4.31. The maximum Gasteiger partial charge on any atom is 0.222 e. The largest absolute Gasteiger partial charge is 0.391 e. The molecule has 1 aromatic carbocycles. The van der Waals surface area contributed by atoms with Crippen molar-refractivity contribution in [1.82, 2.24) is 4.90 Å². The molecule has 1 N–H and O–H groups in total. The summed E-state index contributed by atoms with van der Waals surface area (Å²) in [6.45, 7) is 1.20. The smallest absolute Gasteiger partial charge is 0.222 e. The van der Waals surface area contributed by atoms with E-state index in [0.717, 1.165) is 31.4 Å². The number of hydrogen-bond acceptors (Lipinski definition) is 2. The average Bonchev–Trinajstić information content (AvgIpc) is 2.38. The Labute approximate surface area is 113 Å². The third-order valence-electron chi connectivity index (χ3n) is 3.49. The summed E-state index contributed by atoms with van der Waals surface area (Å²) in [5, 5.41) is 9.53. The van der Waals surface area contributed by atoms with Gasteiger partial charge >= 0.3 is 0 Å². The highest BCUT2D eigenvalue weighted by molar-refractivity contribution is 5.76. The summed E-state index contributed by atoms with van der Waals surface area (Å²) in [6, 6.07) is 6.49. The second kappa shape index (κ2) is 6.66. The van der Waals surface area contributed by atoms with E-state index in [-0.39, 0.29) is 17.8 Å². The molecule has 19 heavy (non-hydrogen) atoms. The Kier molecular flexibility index (Phi) is 4.91. The number of amides is 1. The molecule has 1 heterocycles. The lowest BCUT2D eigenvalue weighted by atomic mass is 10.1. The summed E-state index contributed by atoms with van der Waals surface area (Å²) in [7, 11) is 0. The van der Waals surface area contributed by atoms with Crippen LogP contribution in [-0.4, -0.2) is 35.1 Å². The molecule has 0 radical (unpaired) electrons. The normalized spacial score (nSPS) is 19.5. The molecule has 3 nitrogen and oxygen atoms in total. The molecule has 1 fully saturated rings. The number of aliphatic hydroxyl groups excluding tert-OH is 1. The van der Waals surface area contributed by atoms with Gasteiger partial charge in [0, 0.05) is 19.5 Å². The summed E-state index contributed by atoms with van der Waals surface area (Å²) < 4.78 is 13.0. The molecule has 1 unspecified atom stereocenters. The number of halogens is 1. The van der Waals surface area contributed by atoms with Crippen LogP contribution in [0.4, 0.5) is 4.39 Å². The first-order valence-electron chi connectivity index (χ1n) is 6.85. The molecule has 1 aliphatic heterocycles. The first-order chi connectivity index (χ1) is 9.15. The van der Waals surface area contributed by atoms with Crippen LogP contribution in [-0.2, 0) is 11.2 Å². The van der Waals surface area contributed by atoms with Crippen molar-refractivity contribution in [3.8, 4) is 0 Å². The number of nitrogens with zero attached hydrogens (tertiary/aromatic N) is 1. The van der Waals surface area contributed by atoms with E-state index in [2.05, 4.69) is 0 Å². The number of carbonyl (C=O) groups excluding carboxylic acids is 1. The van der Waals surface area contributed by atoms with Crippen LogP contribution in [0, 0.1) is 5.82 Å². The molecule has 2 rings (SSSR count). The number of aliphatic hydroxyl groups is 1. The first-order valence-corrected chi connectivity index (χ1v) is 6.85. The highest BCUT2D eigenvalue weighted by Crippen LogP contribution is 2.13. The van der Waals surface area contributed by atoms with Gasteiger partial charge in [0.05, 0.1) is 6.10 Å². The summed E-state index contributed by atoms with van der Waals surface area (Å²) in [5.41, 5.74) is 0.923. The number of rotatable bonds is 4. The van der Waals surface area contributed by atoms with Crippen LogP contribution < -0.4 is 0 Å². The van der Waals surface area contributed by atoms with Gasteiger partial charge < -0.3 is 10.0 Å². The van der Waals surface area contributed by atoms with E-state index in [4.69, 9.17) is 0 Å². The molecule has 1 saturated heterocycles. The molecule has 0 aromatic heterocycles. The van der Waals surface area contributed by atoms with E-state index in [1.807, 2.05) is 6.07 Å². The minimum Gasteiger partial charge on any atom is -0.391 e. The Morgan fingerprint density at radius 2 is 2.32 bits per heavy atom. The summed E-state index contributed by atoms with van der Waals surface area (Å²) >= 11 is 0. The van der Waals surface area contributed by atoms with Crippen molar-refractivity contribution in [2.75, 3.05) is 13.1 Å². The minimum atomic E-state index is -0.374. The van der Waals surface area contributed by atoms with Gasteiger partial charge in [-0.3, -0.25) is 4.79 Å². The fourth-order valence-corrected chi connectivity index (χ4v) is 2.48. The van der Waals surface area contributed by atoms with Gasteiger partial charge in [-0.25, -0.2) is 4.39 Å². The molecule has 0 saturated carbocycles. The molecule has 0 spiro atoms. The zero-order valence-corrected chi connectivity index (χ0v) is 11.0. The summed E-state index contributed by atoms with van der Waals surface area (Å²) in [5.74, 6) is -0.141. The Balaban J connectivity index is 1.74. The predicted octanol–water partition coefficient (Wildman–Crippen LogP) is 2.13. The van der Waals surface area contributed by atoms with Crippen molar-refractivity contribution < 1.29 is 14.3 Å². The van der Waals surface area contributed by atoms with E-state index < -0.39 is 0 Å². The van der Waals surface area contributed by atoms with E-state index in [1.54, 1.807) is 11.0 Å². The highest BCUT2D eigenvalue weighted by Gasteiger charge is 2.21. The molecular formula is C15H20FNO2. The Bertz CT molecular complexity index is 436. The van der Waals surface area contributed by atoms with Crippen LogP contribution in [0.3, 0.4) is 0 Å². The van der Waals surface area contributed by atoms with Crippen molar-refractivity contribution in [3.05, 3.63) is 35.6 Å². The zero-order chi connectivity index (χ0) is 13.7. The van der Waals surface area contributed by atoms with Crippen LogP contribution in [0.5, 0.6) is 0 Å². The van der Waals surface area contributed by atoms with Crippen LogP contribution >= 0.6 is 0 Å². The van der Waals surface area contributed by atoms with Gasteiger partial charge in [0.1, 0.15) is 5.82 Å². The van der Waals surface area contributed by atoms with Gasteiger partial charge in [0.15, 0.2) is 0 Å². The van der Waals surface area contributed by atoms with Crippen molar-refractivity contribution in [2.45, 2.75) is 38.2 Å². The molecule has 1 aromatic rings. The third-order valence-corrected chi connectivity index (χ3v) is 3.49. The standard InChI is InChI=1S/C15H20FNO2/c16-13-6-1-4-12(10-13)5-2-8-15(19)17-9-3-7-14(18)11-17/h1,4,6,10,14,18H,2-3,5,7-9,11H2. The van der Waals surface area contributed by atoms with Gasteiger partial charge in [-0.15, -0.1) is 0 Å². The molecule has 1 aliphatic rings. The number of carbonyl (C=O) groups is 1. The van der Waals surface area contributed by atoms with Crippen molar-refractivity contribution >= 4 is 5.91 Å². The predicted molar refractivity (Wildman–Crippen MR) is 71.2 cm³/mol. The lowest BCUT2D eigenvalue weighted by Crippen LogP contribution is -2.42. The number of benzene rings is 1. The lowest BCUT2D eigenvalue weighted by Gasteiger charge is -2.30. The van der Waals surface area contributed by atoms with Crippen molar-refractivity contribution in [1.29, 1.82) is 0 Å². The number of β-amino-alcohol motifs (C(OH)–C–C–N with tert-alkyl or cyclic N) is 1. The van der Waals surface area contributed by atoms with Crippen LogP contribution in [0.25, 0.3) is 0 Å². The first kappa shape index (κ1) is 14.0. The fourth-order valence-electron chi connectivity index (χ4n) is 2.48. The molecule has 4 heteroatoms. The number of hydrogen-bond donors (Lipinski definition) is 1. The number of likely N-dealkylation sites (tertiary alicyclic amines) is 1. The zero-order valence-electron chi connectivity index (χ0n) is 11.0. The summed E-state index contributed by atoms with van der Waals surface area (Å²) in [6.07, 6.45) is 3.17. The maximum atomic E-state index is 13.0. The molecule has 1 amide bonds. The quantitative estimate of drug-likeness (QED) is 0.906. The lowest BCUT2D eigenvalue weighted by molar-refractivity contribution is -0.134. The van der Waals surface area contributed by atoms with Crippen LogP contribution in [0.1, 0.15) is 31.2 Å². The van der Waals surface area contributed by atoms with Gasteiger partial charge in [-0.1, -0.05) is 12.1 Å². The topological polar surface area (TPSA) is 40.5 Å². The maximum absolute atomic E-state index is 13.0. The van der Waals surface area contributed by atoms with Crippen molar-refractivity contribution in [2.24, 2.45) is 0 Å². The number of aryl methyl sites for hydroxylation is 1. The molecule has 104 valence electrons. The van der Waals surface area contributed by atoms with Crippen LogP contribution in [0.2, 0.25) is 0 Å². The Hall–Kier alpha value is -1.42. The molecular weight excluding hydrogens is 245 g/mol. The Morgan fingerprint density at radius 1 is 1.47 bits per heavy atom. The SMILES string of the molecule is O=C(CCCc1cccc(F)c1)N1CCCC(O)C1. The van der Waals surface area contributed by atoms with E-state index in [1.165, 1.54) is 12.1 Å². The minimum absolute atomic E-state index is 0.0927. The monoisotopic (exact) mass is 265 g/mol. The van der Waals surface area contributed by atoms with Gasteiger partial charge in [-0.05, 0) is 43.4 Å². The number of piperidine rings is 1. The van der Waals surface area contributed by atoms with E-state index in [9.17, 15) is 14.3 Å².